The van der Waals surface area contributed by atoms with Crippen molar-refractivity contribution < 1.29 is 9.59 Å². The van der Waals surface area contributed by atoms with Crippen LogP contribution in [-0.2, 0) is 4.79 Å². The zero-order valence-electron chi connectivity index (χ0n) is 16.8. The van der Waals surface area contributed by atoms with Gasteiger partial charge in [0.2, 0.25) is 11.9 Å². The van der Waals surface area contributed by atoms with Crippen molar-refractivity contribution >= 4 is 52.2 Å². The summed E-state index contributed by atoms with van der Waals surface area (Å²) in [5.74, 6) is 1.02. The first kappa shape index (κ1) is 21.3. The lowest BCUT2D eigenvalue weighted by Crippen LogP contribution is -2.57. The predicted octanol–water partition coefficient (Wildman–Crippen LogP) is 2.64. The largest absolute Gasteiger partial charge is 0.348 e. The average molecular weight is 438 g/mol. The van der Waals surface area contributed by atoms with Gasteiger partial charge in [-0.05, 0) is 6.92 Å². The highest BCUT2D eigenvalue weighted by Gasteiger charge is 2.33. The monoisotopic (exact) mass is 437 g/mol. The molecule has 4 rings (SSSR count). The van der Waals surface area contributed by atoms with Gasteiger partial charge in [-0.1, -0.05) is 43.2 Å². The smallest absolute Gasteiger partial charge is 0.265 e. The summed E-state index contributed by atoms with van der Waals surface area (Å²) in [6.07, 6.45) is 2.75. The van der Waals surface area contributed by atoms with E-state index in [0.717, 1.165) is 0 Å². The number of hydrogen-bond acceptors (Lipinski definition) is 8. The summed E-state index contributed by atoms with van der Waals surface area (Å²) in [5.41, 5.74) is 1.34. The standard InChI is InChI=1S/C15H16ClN7O2S.C3H8/c1-7-11-12(22(2)6-10(24)20-11)21-15(18-7)19-8-4-23(5-8)13(25)9-3-17-14(16)26-9;1-3-2/h3,8H,4-6H2,1-2H3,(H,20,24)(H,18,19,21);3H2,1-2H3. The van der Waals surface area contributed by atoms with Gasteiger partial charge in [-0.3, -0.25) is 9.59 Å². The molecule has 1 fully saturated rings. The van der Waals surface area contributed by atoms with E-state index >= 15 is 0 Å². The molecule has 2 aliphatic heterocycles. The molecule has 1 saturated heterocycles. The molecule has 2 aliphatic rings. The Morgan fingerprint density at radius 2 is 2.07 bits per heavy atom. The molecular formula is C18H24ClN7O2S. The summed E-state index contributed by atoms with van der Waals surface area (Å²) in [7, 11) is 1.82. The average Bonchev–Trinajstić information content (AvgIpc) is 3.05. The van der Waals surface area contributed by atoms with Gasteiger partial charge in [0.25, 0.3) is 5.91 Å². The van der Waals surface area contributed by atoms with Crippen molar-refractivity contribution in [1.29, 1.82) is 0 Å². The Balaban J connectivity index is 0.000000755. The molecule has 0 atom stereocenters. The number of anilines is 3. The third-order valence-electron chi connectivity index (χ3n) is 4.27. The highest BCUT2D eigenvalue weighted by atomic mass is 35.5. The lowest BCUT2D eigenvalue weighted by Gasteiger charge is -2.39. The molecule has 2 N–H and O–H groups in total. The molecule has 0 aromatic carbocycles. The molecule has 0 saturated carbocycles. The van der Waals surface area contributed by atoms with Crippen LogP contribution in [0.5, 0.6) is 0 Å². The van der Waals surface area contributed by atoms with E-state index in [1.165, 1.54) is 24.0 Å². The number of halogens is 1. The maximum Gasteiger partial charge on any atom is 0.265 e. The van der Waals surface area contributed by atoms with Gasteiger partial charge in [-0.15, -0.1) is 0 Å². The Bertz CT molecular complexity index is 914. The molecule has 9 nitrogen and oxygen atoms in total. The topological polar surface area (TPSA) is 103 Å². The number of carbonyl (C=O) groups excluding carboxylic acids is 2. The summed E-state index contributed by atoms with van der Waals surface area (Å²) in [5, 5.41) is 6.06. The minimum atomic E-state index is -0.0799. The van der Waals surface area contributed by atoms with Crippen LogP contribution in [0.3, 0.4) is 0 Å². The van der Waals surface area contributed by atoms with E-state index in [2.05, 4.69) is 39.4 Å². The molecule has 4 heterocycles. The lowest BCUT2D eigenvalue weighted by molar-refractivity contribution is -0.115. The number of carbonyl (C=O) groups is 2. The summed E-state index contributed by atoms with van der Waals surface area (Å²) in [4.78, 5) is 40.8. The van der Waals surface area contributed by atoms with E-state index in [1.54, 1.807) is 9.80 Å². The van der Waals surface area contributed by atoms with Gasteiger partial charge < -0.3 is 20.4 Å². The van der Waals surface area contributed by atoms with Crippen molar-refractivity contribution in [3.63, 3.8) is 0 Å². The number of likely N-dealkylation sites (tertiary alicyclic amines) is 1. The highest BCUT2D eigenvalue weighted by Crippen LogP contribution is 2.30. The molecular weight excluding hydrogens is 414 g/mol. The third-order valence-corrected chi connectivity index (χ3v) is 5.37. The predicted molar refractivity (Wildman–Crippen MR) is 115 cm³/mol. The molecule has 156 valence electrons. The number of fused-ring (bicyclic) bond motifs is 1. The number of rotatable bonds is 3. The Morgan fingerprint density at radius 3 is 2.69 bits per heavy atom. The Labute approximate surface area is 178 Å². The number of nitrogens with zero attached hydrogens (tertiary/aromatic N) is 5. The number of aromatic nitrogens is 3. The van der Waals surface area contributed by atoms with Gasteiger partial charge in [-0.2, -0.15) is 4.98 Å². The molecule has 2 amide bonds. The quantitative estimate of drug-likeness (QED) is 0.760. The molecule has 0 spiro atoms. The van der Waals surface area contributed by atoms with Gasteiger partial charge in [0, 0.05) is 20.1 Å². The number of nitrogens with one attached hydrogen (secondary N) is 2. The summed E-state index contributed by atoms with van der Waals surface area (Å²) in [6, 6.07) is 0.0725. The van der Waals surface area contributed by atoms with Crippen LogP contribution < -0.4 is 15.5 Å². The number of hydrogen-bond donors (Lipinski definition) is 2. The lowest BCUT2D eigenvalue weighted by atomic mass is 10.1. The normalized spacial score (nSPS) is 15.7. The first-order chi connectivity index (χ1) is 13.8. The van der Waals surface area contributed by atoms with Gasteiger partial charge >= 0.3 is 0 Å². The number of likely N-dealkylation sites (N-methyl/N-ethyl adjacent to an activating group) is 1. The number of thiazole rings is 1. The highest BCUT2D eigenvalue weighted by molar-refractivity contribution is 7.17. The van der Waals surface area contributed by atoms with Crippen LogP contribution in [0.2, 0.25) is 4.47 Å². The minimum absolute atomic E-state index is 0.0718. The van der Waals surface area contributed by atoms with Crippen LogP contribution in [0.4, 0.5) is 17.5 Å². The molecule has 0 aliphatic carbocycles. The van der Waals surface area contributed by atoms with Crippen LogP contribution in [-0.4, -0.2) is 64.4 Å². The maximum atomic E-state index is 12.3. The van der Waals surface area contributed by atoms with Crippen molar-refractivity contribution in [1.82, 2.24) is 19.9 Å². The summed E-state index contributed by atoms with van der Waals surface area (Å²) in [6.45, 7) is 7.45. The van der Waals surface area contributed by atoms with Crippen LogP contribution in [0.1, 0.15) is 35.6 Å². The Hall–Kier alpha value is -2.46. The van der Waals surface area contributed by atoms with Gasteiger partial charge in [0.15, 0.2) is 10.3 Å². The molecule has 29 heavy (non-hydrogen) atoms. The van der Waals surface area contributed by atoms with Crippen LogP contribution in [0.15, 0.2) is 6.20 Å². The second-order valence-electron chi connectivity index (χ2n) is 6.97. The first-order valence-electron chi connectivity index (χ1n) is 9.39. The van der Waals surface area contributed by atoms with Crippen LogP contribution in [0.25, 0.3) is 0 Å². The van der Waals surface area contributed by atoms with E-state index in [1.807, 2.05) is 14.0 Å². The molecule has 2 aromatic rings. The van der Waals surface area contributed by atoms with Crippen molar-refractivity contribution in [2.24, 2.45) is 0 Å². The van der Waals surface area contributed by atoms with Crippen molar-refractivity contribution in [3.05, 3.63) is 21.2 Å². The van der Waals surface area contributed by atoms with E-state index < -0.39 is 0 Å². The minimum Gasteiger partial charge on any atom is -0.348 e. The first-order valence-corrected chi connectivity index (χ1v) is 10.6. The fraction of sp³-hybridized carbons (Fsp3) is 0.500. The van der Waals surface area contributed by atoms with Crippen molar-refractivity contribution in [2.45, 2.75) is 33.2 Å². The molecule has 0 unspecified atom stereocenters. The molecule has 11 heteroatoms. The van der Waals surface area contributed by atoms with Crippen molar-refractivity contribution in [2.75, 3.05) is 42.2 Å². The van der Waals surface area contributed by atoms with E-state index in [-0.39, 0.29) is 24.4 Å². The van der Waals surface area contributed by atoms with Gasteiger partial charge in [0.1, 0.15) is 10.6 Å². The Morgan fingerprint density at radius 1 is 1.38 bits per heavy atom. The van der Waals surface area contributed by atoms with E-state index in [4.69, 9.17) is 11.6 Å². The van der Waals surface area contributed by atoms with Gasteiger partial charge in [-0.25, -0.2) is 9.97 Å². The number of amides is 2. The zero-order valence-corrected chi connectivity index (χ0v) is 18.4. The fourth-order valence-corrected chi connectivity index (χ4v) is 3.85. The van der Waals surface area contributed by atoms with Crippen LogP contribution in [0, 0.1) is 6.92 Å². The van der Waals surface area contributed by atoms with Crippen molar-refractivity contribution in [3.8, 4) is 0 Å². The SMILES string of the molecule is CCC.Cc1nc(NC2CN(C(=O)c3cnc(Cl)s3)C2)nc2c1NC(=O)CN2C. The number of aryl methyl sites for hydroxylation is 1. The second kappa shape index (κ2) is 8.91. The Kier molecular flexibility index (Phi) is 6.53. The van der Waals surface area contributed by atoms with Crippen LogP contribution >= 0.6 is 22.9 Å². The molecule has 2 aromatic heterocycles. The fourth-order valence-electron chi connectivity index (χ4n) is 2.94. The summed E-state index contributed by atoms with van der Waals surface area (Å²) >= 11 is 6.95. The second-order valence-corrected chi connectivity index (χ2v) is 8.58. The zero-order chi connectivity index (χ0) is 21.1. The third kappa shape index (κ3) is 4.76. The van der Waals surface area contributed by atoms with E-state index in [0.29, 0.717) is 45.6 Å². The molecule has 0 bridgehead atoms. The molecule has 0 radical (unpaired) electrons. The maximum absolute atomic E-state index is 12.3. The summed E-state index contributed by atoms with van der Waals surface area (Å²) < 4.78 is 0.359. The van der Waals surface area contributed by atoms with Gasteiger partial charge in [0.05, 0.1) is 24.5 Å². The van der Waals surface area contributed by atoms with E-state index in [9.17, 15) is 9.59 Å².